The maximum atomic E-state index is 5.43. The lowest BCUT2D eigenvalue weighted by atomic mass is 10.1. The van der Waals surface area contributed by atoms with Crippen LogP contribution in [0.2, 0.25) is 0 Å². The van der Waals surface area contributed by atoms with E-state index in [4.69, 9.17) is 9.72 Å². The molecule has 4 rings (SSSR count). The van der Waals surface area contributed by atoms with Gasteiger partial charge in [-0.1, -0.05) is 18.2 Å². The number of ether oxygens (including phenoxy) is 1. The van der Waals surface area contributed by atoms with Gasteiger partial charge in [-0.2, -0.15) is 4.98 Å². The van der Waals surface area contributed by atoms with Gasteiger partial charge in [0.05, 0.1) is 37.5 Å². The van der Waals surface area contributed by atoms with Gasteiger partial charge in [0.1, 0.15) is 13.1 Å². The van der Waals surface area contributed by atoms with Crippen LogP contribution in [0.15, 0.2) is 18.2 Å². The summed E-state index contributed by atoms with van der Waals surface area (Å²) < 4.78 is 5.43. The fraction of sp³-hybridized carbons (Fsp3) is 0.550. The summed E-state index contributed by atoms with van der Waals surface area (Å²) in [6.45, 7) is 12.5. The summed E-state index contributed by atoms with van der Waals surface area (Å²) in [5.74, 6) is 1.52. The number of nitrogens with one attached hydrogen (secondary N) is 5. The highest BCUT2D eigenvalue weighted by Gasteiger charge is 2.22. The summed E-state index contributed by atoms with van der Waals surface area (Å²) in [6.07, 6.45) is 1.24. The maximum absolute atomic E-state index is 5.43. The van der Waals surface area contributed by atoms with Crippen LogP contribution in [0.1, 0.15) is 17.7 Å². The second-order valence-electron chi connectivity index (χ2n) is 7.78. The Morgan fingerprint density at radius 1 is 1.14 bits per heavy atom. The van der Waals surface area contributed by atoms with Crippen molar-refractivity contribution in [2.24, 2.45) is 0 Å². The molecule has 1 aromatic carbocycles. The van der Waals surface area contributed by atoms with E-state index in [1.54, 1.807) is 4.90 Å². The van der Waals surface area contributed by atoms with Crippen LogP contribution >= 0.6 is 0 Å². The van der Waals surface area contributed by atoms with E-state index in [1.165, 1.54) is 30.0 Å². The molecule has 1 fully saturated rings. The van der Waals surface area contributed by atoms with E-state index >= 15 is 0 Å². The Morgan fingerprint density at radius 3 is 2.75 bits per heavy atom. The van der Waals surface area contributed by atoms with E-state index in [-0.39, 0.29) is 0 Å². The van der Waals surface area contributed by atoms with Crippen LogP contribution in [-0.2, 0) is 4.74 Å². The van der Waals surface area contributed by atoms with E-state index in [1.807, 2.05) is 6.92 Å². The van der Waals surface area contributed by atoms with Crippen molar-refractivity contribution in [1.29, 1.82) is 0 Å². The van der Waals surface area contributed by atoms with Crippen LogP contribution in [0.3, 0.4) is 0 Å². The van der Waals surface area contributed by atoms with Crippen LogP contribution in [0.25, 0.3) is 10.9 Å². The minimum Gasteiger partial charge on any atom is -0.370 e. The smallest absolute Gasteiger partial charge is 0.359 e. The number of hydrogen-bond donors (Lipinski definition) is 5. The number of hydrogen-bond acceptors (Lipinski definition) is 5. The largest absolute Gasteiger partial charge is 0.370 e. The molecule has 1 unspecified atom stereocenters. The fourth-order valence-corrected chi connectivity index (χ4v) is 3.93. The second kappa shape index (κ2) is 8.81. The number of guanidine groups is 1. The number of aryl methyl sites for hydroxylation is 2. The number of quaternary nitrogens is 2. The van der Waals surface area contributed by atoms with E-state index in [0.29, 0.717) is 5.95 Å². The van der Waals surface area contributed by atoms with Crippen molar-refractivity contribution in [1.82, 2.24) is 15.3 Å². The van der Waals surface area contributed by atoms with Gasteiger partial charge in [-0.15, -0.1) is 0 Å². The molecule has 1 aromatic heterocycles. The molecule has 1 atom stereocenters. The quantitative estimate of drug-likeness (QED) is 0.374. The molecule has 1 saturated heterocycles. The summed E-state index contributed by atoms with van der Waals surface area (Å²) in [4.78, 5) is 16.0. The molecule has 28 heavy (non-hydrogen) atoms. The Bertz CT molecular complexity index is 848. The molecule has 0 saturated carbocycles. The zero-order valence-corrected chi connectivity index (χ0v) is 16.9. The number of morpholine rings is 1. The molecule has 0 aliphatic carbocycles. The molecule has 5 N–H and O–H groups in total. The van der Waals surface area contributed by atoms with Crippen LogP contribution in [-0.4, -0.2) is 68.7 Å². The monoisotopic (exact) mass is 386 g/mol. The molecule has 8 heteroatoms. The highest BCUT2D eigenvalue weighted by Crippen LogP contribution is 2.19. The lowest BCUT2D eigenvalue weighted by molar-refractivity contribution is -0.984. The molecule has 3 heterocycles. The fourth-order valence-electron chi connectivity index (χ4n) is 3.93. The highest BCUT2D eigenvalue weighted by molar-refractivity contribution is 5.90. The minimum atomic E-state index is 0.633. The van der Waals surface area contributed by atoms with Crippen molar-refractivity contribution in [3.05, 3.63) is 29.5 Å². The summed E-state index contributed by atoms with van der Waals surface area (Å²) >= 11 is 0. The molecule has 2 aliphatic rings. The van der Waals surface area contributed by atoms with Crippen LogP contribution < -0.4 is 25.4 Å². The van der Waals surface area contributed by atoms with Crippen LogP contribution in [0, 0.1) is 13.8 Å². The van der Waals surface area contributed by atoms with Crippen molar-refractivity contribution in [2.75, 3.05) is 58.0 Å². The normalized spacial score (nSPS) is 20.6. The van der Waals surface area contributed by atoms with Gasteiger partial charge in [0.15, 0.2) is 13.3 Å². The van der Waals surface area contributed by atoms with Gasteiger partial charge in [0.25, 0.3) is 5.95 Å². The van der Waals surface area contributed by atoms with Crippen molar-refractivity contribution >= 4 is 22.8 Å². The number of rotatable bonds is 5. The van der Waals surface area contributed by atoms with Gasteiger partial charge in [-0.25, -0.2) is 20.6 Å². The van der Waals surface area contributed by atoms with E-state index in [0.717, 1.165) is 62.2 Å². The van der Waals surface area contributed by atoms with Gasteiger partial charge in [-0.05, 0) is 19.4 Å². The van der Waals surface area contributed by atoms with Crippen molar-refractivity contribution < 1.29 is 19.5 Å². The Hall–Kier alpha value is -2.29. The Morgan fingerprint density at radius 2 is 1.96 bits per heavy atom. The van der Waals surface area contributed by atoms with E-state index in [9.17, 15) is 0 Å². The zero-order valence-electron chi connectivity index (χ0n) is 16.9. The number of nitrogens with zero attached hydrogens (tertiary/aromatic N) is 2. The topological polar surface area (TPSA) is 81.9 Å². The SMILES string of the molecule is Cc1nc(NC2=[NH+]C[NH+](CCC[NH+]3CCOCC3)CN2)nc2c(C)cccc12. The minimum absolute atomic E-state index is 0.633. The number of para-hydroxylation sites is 1. The molecule has 0 spiro atoms. The summed E-state index contributed by atoms with van der Waals surface area (Å²) in [7, 11) is 0. The number of aromatic nitrogens is 2. The van der Waals surface area contributed by atoms with Crippen molar-refractivity contribution in [3.8, 4) is 0 Å². The summed E-state index contributed by atoms with van der Waals surface area (Å²) in [6, 6.07) is 6.21. The number of fused-ring (bicyclic) bond motifs is 1. The van der Waals surface area contributed by atoms with Gasteiger partial charge in [0, 0.05) is 11.8 Å². The molecule has 8 nitrogen and oxygen atoms in total. The van der Waals surface area contributed by atoms with Gasteiger partial charge in [0.2, 0.25) is 0 Å². The van der Waals surface area contributed by atoms with Crippen LogP contribution in [0.5, 0.6) is 0 Å². The number of anilines is 1. The maximum Gasteiger partial charge on any atom is 0.359 e. The predicted octanol–water partition coefficient (Wildman–Crippen LogP) is -3.20. The summed E-state index contributed by atoms with van der Waals surface area (Å²) in [5.41, 5.74) is 3.16. The molecule has 2 aromatic rings. The van der Waals surface area contributed by atoms with Gasteiger partial charge >= 0.3 is 5.96 Å². The average Bonchev–Trinajstić information content (AvgIpc) is 2.71. The molecule has 150 valence electrons. The third-order valence-electron chi connectivity index (χ3n) is 5.65. The molecule has 0 radical (unpaired) electrons. The molecule has 0 bridgehead atoms. The lowest BCUT2D eigenvalue weighted by Gasteiger charge is -2.25. The Labute approximate surface area is 166 Å². The average molecular weight is 387 g/mol. The van der Waals surface area contributed by atoms with Crippen molar-refractivity contribution in [2.45, 2.75) is 20.3 Å². The third-order valence-corrected chi connectivity index (χ3v) is 5.65. The van der Waals surface area contributed by atoms with Gasteiger partial charge < -0.3 is 9.64 Å². The predicted molar refractivity (Wildman–Crippen MR) is 108 cm³/mol. The molecule has 0 amide bonds. The first-order valence-corrected chi connectivity index (χ1v) is 10.3. The molecular formula is C20H32N7O+3. The highest BCUT2D eigenvalue weighted by atomic mass is 16.5. The second-order valence-corrected chi connectivity index (χ2v) is 7.78. The lowest BCUT2D eigenvalue weighted by Crippen LogP contribution is -3.24. The zero-order chi connectivity index (χ0) is 19.3. The standard InChI is InChI=1S/C20H29N7O/c1-15-5-3-6-17-16(2)23-20(24-18(15)17)25-19-21-13-27(14-22-19)8-4-7-26-9-11-28-12-10-26/h3,5-6H,4,7-14H2,1-2H3,(H2,21,22,23,24,25)/p+3. The van der Waals surface area contributed by atoms with Crippen LogP contribution in [0.4, 0.5) is 5.95 Å². The number of benzene rings is 1. The first-order valence-electron chi connectivity index (χ1n) is 10.3. The van der Waals surface area contributed by atoms with E-state index < -0.39 is 0 Å². The first-order chi connectivity index (χ1) is 13.7. The van der Waals surface area contributed by atoms with Gasteiger partial charge in [-0.3, -0.25) is 4.90 Å². The van der Waals surface area contributed by atoms with E-state index in [2.05, 4.69) is 45.7 Å². The molecule has 2 aliphatic heterocycles. The first kappa shape index (κ1) is 19.0. The summed E-state index contributed by atoms with van der Waals surface area (Å²) in [5, 5.41) is 7.86. The third kappa shape index (κ3) is 4.57. The molecular weight excluding hydrogens is 354 g/mol. The Balaban J connectivity index is 1.30. The Kier molecular flexibility index (Phi) is 5.99. The van der Waals surface area contributed by atoms with Crippen molar-refractivity contribution in [3.63, 3.8) is 0 Å².